The molecular weight excluding hydrogens is 407 g/mol. The lowest BCUT2D eigenvalue weighted by Gasteiger charge is -2.23. The van der Waals surface area contributed by atoms with Crippen LogP contribution in [0.15, 0.2) is 127 Å². The molecule has 6 aromatic carbocycles. The molecule has 0 radical (unpaired) electrons. The number of fused-ring (bicyclic) bond motifs is 5. The molecule has 32 heavy (non-hydrogen) atoms. The Kier molecular flexibility index (Phi) is 4.45. The zero-order chi connectivity index (χ0) is 21.5. The fraction of sp³-hybridized carbons (Fsp3) is 0. The summed E-state index contributed by atoms with van der Waals surface area (Å²) in [5.74, 6) is 0. The van der Waals surface area contributed by atoms with E-state index in [1.165, 1.54) is 16.2 Å². The van der Waals surface area contributed by atoms with Gasteiger partial charge in [0.15, 0.2) is 7.14 Å². The Morgan fingerprint density at radius 3 is 1.59 bits per heavy atom. The van der Waals surface area contributed by atoms with Crippen LogP contribution in [-0.2, 0) is 4.57 Å². The van der Waals surface area contributed by atoms with Crippen LogP contribution in [0.25, 0.3) is 32.3 Å². The summed E-state index contributed by atoms with van der Waals surface area (Å²) < 4.78 is 15.1. The van der Waals surface area contributed by atoms with Gasteiger partial charge in [-0.25, -0.2) is 0 Å². The van der Waals surface area contributed by atoms with Crippen LogP contribution in [0.2, 0.25) is 0 Å². The monoisotopic (exact) mass is 428 g/mol. The van der Waals surface area contributed by atoms with Crippen molar-refractivity contribution in [1.82, 2.24) is 0 Å². The zero-order valence-corrected chi connectivity index (χ0v) is 18.4. The number of hydrogen-bond donors (Lipinski definition) is 0. The normalized spacial score (nSPS) is 11.9. The van der Waals surface area contributed by atoms with E-state index < -0.39 is 7.14 Å². The summed E-state index contributed by atoms with van der Waals surface area (Å²) in [6.45, 7) is 0. The van der Waals surface area contributed by atoms with Crippen LogP contribution in [0.4, 0.5) is 0 Å². The minimum atomic E-state index is -3.09. The molecule has 0 spiro atoms. The highest BCUT2D eigenvalue weighted by Crippen LogP contribution is 2.46. The van der Waals surface area contributed by atoms with Gasteiger partial charge < -0.3 is 4.57 Å². The van der Waals surface area contributed by atoms with Gasteiger partial charge in [0.2, 0.25) is 0 Å². The first kappa shape index (κ1) is 19.0. The van der Waals surface area contributed by atoms with Crippen molar-refractivity contribution in [1.29, 1.82) is 0 Å². The summed E-state index contributed by atoms with van der Waals surface area (Å²) in [6, 6.07) is 43.2. The molecule has 0 heterocycles. The van der Waals surface area contributed by atoms with Crippen LogP contribution in [0.3, 0.4) is 0 Å². The Bertz CT molecular complexity index is 1590. The van der Waals surface area contributed by atoms with Crippen molar-refractivity contribution in [2.75, 3.05) is 0 Å². The second-order valence-electron chi connectivity index (χ2n) is 8.11. The first-order valence-electron chi connectivity index (χ1n) is 10.8. The van der Waals surface area contributed by atoms with E-state index in [1.54, 1.807) is 0 Å². The summed E-state index contributed by atoms with van der Waals surface area (Å²) in [4.78, 5) is 0. The Labute approximate surface area is 187 Å². The molecule has 0 atom stereocenters. The molecule has 152 valence electrons. The molecule has 0 aliphatic carbocycles. The van der Waals surface area contributed by atoms with Gasteiger partial charge in [-0.15, -0.1) is 0 Å². The molecule has 0 unspecified atom stereocenters. The molecule has 0 fully saturated rings. The predicted octanol–water partition coefficient (Wildman–Crippen LogP) is 6.79. The van der Waals surface area contributed by atoms with Crippen molar-refractivity contribution in [2.45, 2.75) is 0 Å². The van der Waals surface area contributed by atoms with Crippen molar-refractivity contribution < 1.29 is 4.57 Å². The van der Waals surface area contributed by atoms with Gasteiger partial charge in [-0.05, 0) is 38.4 Å². The quantitative estimate of drug-likeness (QED) is 0.224. The average Bonchev–Trinajstić information content (AvgIpc) is 2.88. The van der Waals surface area contributed by atoms with Crippen molar-refractivity contribution >= 4 is 55.4 Å². The van der Waals surface area contributed by atoms with E-state index in [1.807, 2.05) is 66.7 Å². The highest BCUT2D eigenvalue weighted by Gasteiger charge is 2.31. The Morgan fingerprint density at radius 1 is 0.438 bits per heavy atom. The van der Waals surface area contributed by atoms with Crippen LogP contribution < -0.4 is 15.9 Å². The van der Waals surface area contributed by atoms with Gasteiger partial charge in [-0.1, -0.05) is 121 Å². The minimum Gasteiger partial charge on any atom is -0.309 e. The van der Waals surface area contributed by atoms with E-state index in [4.69, 9.17) is 0 Å². The maximum absolute atomic E-state index is 15.1. The van der Waals surface area contributed by atoms with Gasteiger partial charge in [0.25, 0.3) is 0 Å². The fourth-order valence-electron chi connectivity index (χ4n) is 4.82. The molecule has 6 rings (SSSR count). The molecular formula is C30H21OP. The fourth-order valence-corrected chi connectivity index (χ4v) is 7.72. The van der Waals surface area contributed by atoms with Crippen LogP contribution in [0.5, 0.6) is 0 Å². The van der Waals surface area contributed by atoms with E-state index in [0.717, 1.165) is 32.1 Å². The first-order chi connectivity index (χ1) is 15.8. The second kappa shape index (κ2) is 7.48. The molecule has 1 nitrogen and oxygen atoms in total. The van der Waals surface area contributed by atoms with Crippen LogP contribution in [-0.4, -0.2) is 0 Å². The van der Waals surface area contributed by atoms with Crippen LogP contribution >= 0.6 is 7.14 Å². The molecule has 0 saturated carbocycles. The lowest BCUT2D eigenvalue weighted by atomic mass is 9.96. The van der Waals surface area contributed by atoms with E-state index in [2.05, 4.69) is 60.7 Å². The number of hydrogen-bond acceptors (Lipinski definition) is 1. The van der Waals surface area contributed by atoms with Gasteiger partial charge >= 0.3 is 0 Å². The Balaban J connectivity index is 1.80. The molecule has 2 heteroatoms. The van der Waals surface area contributed by atoms with Crippen molar-refractivity contribution in [3.63, 3.8) is 0 Å². The van der Waals surface area contributed by atoms with Crippen molar-refractivity contribution in [3.8, 4) is 0 Å². The summed E-state index contributed by atoms with van der Waals surface area (Å²) in [7, 11) is -3.09. The minimum absolute atomic E-state index is 0.858. The summed E-state index contributed by atoms with van der Waals surface area (Å²) in [6.07, 6.45) is 0. The lowest BCUT2D eigenvalue weighted by Crippen LogP contribution is -2.25. The van der Waals surface area contributed by atoms with Crippen LogP contribution in [0, 0.1) is 0 Å². The maximum atomic E-state index is 15.1. The Hall–Kier alpha value is -3.67. The van der Waals surface area contributed by atoms with E-state index in [-0.39, 0.29) is 0 Å². The summed E-state index contributed by atoms with van der Waals surface area (Å²) in [5.41, 5.74) is 0. The topological polar surface area (TPSA) is 17.1 Å². The third kappa shape index (κ3) is 2.83. The molecule has 6 aromatic rings. The SMILES string of the molecule is O=P(c1ccccc1)(c1ccccc1)c1cc2ccc3ccccc3c2c2ccccc12. The molecule has 0 N–H and O–H groups in total. The van der Waals surface area contributed by atoms with Gasteiger partial charge in [0.05, 0.1) is 0 Å². The summed E-state index contributed by atoms with van der Waals surface area (Å²) >= 11 is 0. The van der Waals surface area contributed by atoms with Gasteiger partial charge in [0.1, 0.15) is 0 Å². The molecule has 0 aliphatic rings. The van der Waals surface area contributed by atoms with E-state index in [0.29, 0.717) is 0 Å². The largest absolute Gasteiger partial charge is 0.309 e. The molecule has 0 saturated heterocycles. The molecule has 0 bridgehead atoms. The molecule has 0 aromatic heterocycles. The third-order valence-corrected chi connectivity index (χ3v) is 9.40. The lowest BCUT2D eigenvalue weighted by molar-refractivity contribution is 0.592. The first-order valence-corrected chi connectivity index (χ1v) is 12.5. The maximum Gasteiger partial charge on any atom is 0.171 e. The third-order valence-electron chi connectivity index (χ3n) is 6.30. The van der Waals surface area contributed by atoms with E-state index in [9.17, 15) is 0 Å². The highest BCUT2D eigenvalue weighted by molar-refractivity contribution is 7.85. The van der Waals surface area contributed by atoms with E-state index >= 15 is 4.57 Å². The summed E-state index contributed by atoms with van der Waals surface area (Å²) in [5, 5.41) is 9.58. The zero-order valence-electron chi connectivity index (χ0n) is 17.5. The average molecular weight is 428 g/mol. The van der Waals surface area contributed by atoms with Crippen molar-refractivity contribution in [2.24, 2.45) is 0 Å². The predicted molar refractivity (Wildman–Crippen MR) is 138 cm³/mol. The smallest absolute Gasteiger partial charge is 0.171 e. The van der Waals surface area contributed by atoms with Gasteiger partial charge in [-0.3, -0.25) is 0 Å². The second-order valence-corrected chi connectivity index (χ2v) is 10.8. The van der Waals surface area contributed by atoms with Crippen LogP contribution in [0.1, 0.15) is 0 Å². The van der Waals surface area contributed by atoms with Crippen molar-refractivity contribution in [3.05, 3.63) is 127 Å². The molecule has 0 aliphatic heterocycles. The van der Waals surface area contributed by atoms with Gasteiger partial charge in [-0.2, -0.15) is 0 Å². The highest BCUT2D eigenvalue weighted by atomic mass is 31.2. The standard InChI is InChI=1S/C30H21OP/c31-32(24-12-3-1-4-13-24,25-14-5-2-6-15-25)29-21-23-20-19-22-11-7-8-16-26(22)30(23)28-18-10-9-17-27(28)29/h1-21H. The number of benzene rings is 6. The number of rotatable bonds is 3. The molecule has 0 amide bonds. The van der Waals surface area contributed by atoms with Gasteiger partial charge in [0, 0.05) is 15.9 Å². The Morgan fingerprint density at radius 2 is 0.938 bits per heavy atom.